The fraction of sp³-hybridized carbons (Fsp3) is 0.412. The van der Waals surface area contributed by atoms with Crippen molar-refractivity contribution in [3.63, 3.8) is 0 Å². The van der Waals surface area contributed by atoms with Crippen molar-refractivity contribution < 1.29 is 9.59 Å². The molecule has 8 heteroatoms. The molecule has 0 aromatic heterocycles. The summed E-state index contributed by atoms with van der Waals surface area (Å²) < 4.78 is 0. The minimum Gasteiger partial charge on any atom is -0.334 e. The van der Waals surface area contributed by atoms with Gasteiger partial charge < -0.3 is 16.0 Å². The Morgan fingerprint density at radius 3 is 2.32 bits per heavy atom. The number of halogens is 1. The van der Waals surface area contributed by atoms with Gasteiger partial charge in [-0.15, -0.1) is 6.58 Å². The Kier molecular flexibility index (Phi) is 6.98. The third-order valence-electron chi connectivity index (χ3n) is 3.88. The van der Waals surface area contributed by atoms with Crippen LogP contribution in [0.5, 0.6) is 0 Å². The maximum Gasteiger partial charge on any atom is 0.319 e. The van der Waals surface area contributed by atoms with Crippen LogP contribution in [0, 0.1) is 5.92 Å². The molecular weight excluding hydrogens is 386 g/mol. The number of alkyl halides is 1. The highest BCUT2D eigenvalue weighted by Crippen LogP contribution is 2.23. The van der Waals surface area contributed by atoms with E-state index in [4.69, 9.17) is 0 Å². The maximum absolute atomic E-state index is 12.4. The van der Waals surface area contributed by atoms with E-state index < -0.39 is 0 Å². The van der Waals surface area contributed by atoms with Crippen molar-refractivity contribution in [2.24, 2.45) is 5.92 Å². The van der Waals surface area contributed by atoms with Crippen molar-refractivity contribution in [3.8, 4) is 0 Å². The third-order valence-corrected chi connectivity index (χ3v) is 4.98. The number of hydrogen-bond donors (Lipinski definition) is 5. The molecule has 0 bridgehead atoms. The van der Waals surface area contributed by atoms with Gasteiger partial charge in [-0.1, -0.05) is 35.9 Å². The first-order valence-electron chi connectivity index (χ1n) is 8.14. The van der Waals surface area contributed by atoms with Crippen LogP contribution in [0.3, 0.4) is 0 Å². The Labute approximate surface area is 156 Å². The zero-order chi connectivity index (χ0) is 18.4. The Balaban J connectivity index is 1.89. The molecule has 1 aliphatic heterocycles. The largest absolute Gasteiger partial charge is 0.334 e. The summed E-state index contributed by atoms with van der Waals surface area (Å²) in [5.74, 6) is 0.272. The summed E-state index contributed by atoms with van der Waals surface area (Å²) in [5, 5.41) is 8.20. The summed E-state index contributed by atoms with van der Waals surface area (Å²) >= 11 is 3.60. The SMILES string of the molecule is C=CCNC(=O)Nc1ccc(NC(=O)C2NNC(C(C)C)C2Br)cc1. The van der Waals surface area contributed by atoms with Gasteiger partial charge >= 0.3 is 6.03 Å². The lowest BCUT2D eigenvalue weighted by atomic mass is 9.99. The molecule has 1 aromatic rings. The van der Waals surface area contributed by atoms with Gasteiger partial charge in [0.15, 0.2) is 0 Å². The van der Waals surface area contributed by atoms with Gasteiger partial charge in [0, 0.05) is 24.0 Å². The average Bonchev–Trinajstić information content (AvgIpc) is 2.96. The van der Waals surface area contributed by atoms with Gasteiger partial charge in [-0.3, -0.25) is 10.2 Å². The van der Waals surface area contributed by atoms with E-state index in [2.05, 4.69) is 63.2 Å². The molecule has 2 rings (SSSR count). The molecule has 3 unspecified atom stereocenters. The molecule has 3 amide bonds. The number of hydrazine groups is 1. The number of carbonyl (C=O) groups is 2. The van der Waals surface area contributed by atoms with Crippen LogP contribution in [0.1, 0.15) is 13.8 Å². The quantitative estimate of drug-likeness (QED) is 0.367. The zero-order valence-electron chi connectivity index (χ0n) is 14.3. The maximum atomic E-state index is 12.4. The Morgan fingerprint density at radius 2 is 1.80 bits per heavy atom. The highest BCUT2D eigenvalue weighted by Gasteiger charge is 2.39. The zero-order valence-corrected chi connectivity index (χ0v) is 15.9. The summed E-state index contributed by atoms with van der Waals surface area (Å²) in [4.78, 5) is 24.0. The smallest absolute Gasteiger partial charge is 0.319 e. The van der Waals surface area contributed by atoms with Crippen LogP contribution in [0.2, 0.25) is 0 Å². The molecular formula is C17H24BrN5O2. The first-order valence-corrected chi connectivity index (χ1v) is 9.05. The molecule has 7 nitrogen and oxygen atoms in total. The van der Waals surface area contributed by atoms with Crippen LogP contribution < -0.4 is 26.8 Å². The van der Waals surface area contributed by atoms with Crippen LogP contribution in [0.15, 0.2) is 36.9 Å². The van der Waals surface area contributed by atoms with Gasteiger partial charge in [-0.2, -0.15) is 0 Å². The molecule has 0 radical (unpaired) electrons. The predicted octanol–water partition coefficient (Wildman–Crippen LogP) is 2.20. The van der Waals surface area contributed by atoms with E-state index in [0.29, 0.717) is 23.8 Å². The van der Waals surface area contributed by atoms with Crippen molar-refractivity contribution in [2.75, 3.05) is 17.2 Å². The second-order valence-electron chi connectivity index (χ2n) is 6.17. The summed E-state index contributed by atoms with van der Waals surface area (Å²) in [6.45, 7) is 8.14. The number of hydrogen-bond acceptors (Lipinski definition) is 4. The molecule has 0 saturated carbocycles. The van der Waals surface area contributed by atoms with Gasteiger partial charge in [0.1, 0.15) is 6.04 Å². The van der Waals surface area contributed by atoms with Crippen LogP contribution in [0.25, 0.3) is 0 Å². The Hall–Kier alpha value is -1.90. The third kappa shape index (κ3) is 5.29. The van der Waals surface area contributed by atoms with Crippen molar-refractivity contribution in [1.82, 2.24) is 16.2 Å². The second-order valence-corrected chi connectivity index (χ2v) is 7.23. The monoisotopic (exact) mass is 409 g/mol. The average molecular weight is 410 g/mol. The van der Waals surface area contributed by atoms with Gasteiger partial charge in [-0.05, 0) is 30.2 Å². The normalized spacial score (nSPS) is 22.5. The Morgan fingerprint density at radius 1 is 1.20 bits per heavy atom. The van der Waals surface area contributed by atoms with E-state index in [-0.39, 0.29) is 28.8 Å². The first kappa shape index (κ1) is 19.4. The van der Waals surface area contributed by atoms with E-state index in [9.17, 15) is 9.59 Å². The molecule has 1 saturated heterocycles. The van der Waals surface area contributed by atoms with Crippen molar-refractivity contribution in [3.05, 3.63) is 36.9 Å². The molecule has 25 heavy (non-hydrogen) atoms. The van der Waals surface area contributed by atoms with Gasteiger partial charge in [0.05, 0.1) is 4.83 Å². The van der Waals surface area contributed by atoms with Crippen molar-refractivity contribution >= 4 is 39.2 Å². The molecule has 136 valence electrons. The van der Waals surface area contributed by atoms with E-state index in [1.54, 1.807) is 30.3 Å². The predicted molar refractivity (Wildman–Crippen MR) is 104 cm³/mol. The molecule has 1 aromatic carbocycles. The minimum atomic E-state index is -0.366. The molecule has 1 aliphatic rings. The standard InChI is InChI=1S/C17H24BrN5O2/c1-4-9-19-17(25)21-12-7-5-11(6-8-12)20-16(24)15-13(18)14(10(2)3)22-23-15/h4-8,10,13-15,22-23H,1,9H2,2-3H3,(H,20,24)(H2,19,21,25). The first-order chi connectivity index (χ1) is 11.9. The van der Waals surface area contributed by atoms with E-state index in [1.165, 1.54) is 0 Å². The molecule has 1 fully saturated rings. The molecule has 3 atom stereocenters. The van der Waals surface area contributed by atoms with E-state index in [0.717, 1.165) is 0 Å². The van der Waals surface area contributed by atoms with Gasteiger partial charge in [0.25, 0.3) is 0 Å². The lowest BCUT2D eigenvalue weighted by molar-refractivity contribution is -0.117. The number of anilines is 2. The number of carbonyl (C=O) groups excluding carboxylic acids is 2. The highest BCUT2D eigenvalue weighted by atomic mass is 79.9. The summed E-state index contributed by atoms with van der Waals surface area (Å²) in [5.41, 5.74) is 7.48. The highest BCUT2D eigenvalue weighted by molar-refractivity contribution is 9.09. The number of urea groups is 1. The minimum absolute atomic E-state index is 0.00185. The summed E-state index contributed by atoms with van der Waals surface area (Å²) in [7, 11) is 0. The molecule has 1 heterocycles. The second kappa shape index (κ2) is 8.98. The van der Waals surface area contributed by atoms with Gasteiger partial charge in [0.2, 0.25) is 5.91 Å². The number of rotatable bonds is 6. The van der Waals surface area contributed by atoms with Crippen molar-refractivity contribution in [1.29, 1.82) is 0 Å². The van der Waals surface area contributed by atoms with Crippen LogP contribution in [-0.4, -0.2) is 35.4 Å². The molecule has 0 aliphatic carbocycles. The number of benzene rings is 1. The lowest BCUT2D eigenvalue weighted by Gasteiger charge is -2.19. The van der Waals surface area contributed by atoms with E-state index >= 15 is 0 Å². The van der Waals surface area contributed by atoms with E-state index in [1.807, 2.05) is 0 Å². The fourth-order valence-corrected chi connectivity index (χ4v) is 3.61. The van der Waals surface area contributed by atoms with Crippen LogP contribution in [-0.2, 0) is 4.79 Å². The fourth-order valence-electron chi connectivity index (χ4n) is 2.49. The van der Waals surface area contributed by atoms with Gasteiger partial charge in [-0.25, -0.2) is 10.2 Å². The summed E-state index contributed by atoms with van der Waals surface area (Å²) in [6.07, 6.45) is 1.60. The van der Waals surface area contributed by atoms with Crippen LogP contribution in [0.4, 0.5) is 16.2 Å². The van der Waals surface area contributed by atoms with Crippen LogP contribution >= 0.6 is 15.9 Å². The summed E-state index contributed by atoms with van der Waals surface area (Å²) in [6, 6.07) is 6.45. The molecule has 0 spiro atoms. The lowest BCUT2D eigenvalue weighted by Crippen LogP contribution is -2.42. The number of amides is 3. The topological polar surface area (TPSA) is 94.3 Å². The molecule has 5 N–H and O–H groups in total. The van der Waals surface area contributed by atoms with Crippen molar-refractivity contribution in [2.45, 2.75) is 30.8 Å². The Bertz CT molecular complexity index is 620. The number of nitrogens with one attached hydrogen (secondary N) is 5.